The van der Waals surface area contributed by atoms with Crippen molar-refractivity contribution in [2.24, 2.45) is 5.92 Å². The smallest absolute Gasteiger partial charge is 0.339 e. The van der Waals surface area contributed by atoms with E-state index in [1.165, 1.54) is 0 Å². The van der Waals surface area contributed by atoms with Crippen molar-refractivity contribution in [2.75, 3.05) is 0 Å². The van der Waals surface area contributed by atoms with Gasteiger partial charge in [0.2, 0.25) is 0 Å². The molecule has 1 spiro atoms. The summed E-state index contributed by atoms with van der Waals surface area (Å²) < 4.78 is 1.13. The maximum Gasteiger partial charge on any atom is 0.339 e. The fraction of sp³-hybridized carbons (Fsp3) is 0.348. The average Bonchev–Trinajstić information content (AvgIpc) is 3.09. The highest BCUT2D eigenvalue weighted by Crippen LogP contribution is 2.49. The summed E-state index contributed by atoms with van der Waals surface area (Å²) >= 11 is 7.83. The van der Waals surface area contributed by atoms with Crippen molar-refractivity contribution in [3.8, 4) is 0 Å². The minimum absolute atomic E-state index is 0.0548. The second-order valence-electron chi connectivity index (χ2n) is 8.18. The molecular formula is C23H22ClNO3S. The van der Waals surface area contributed by atoms with Gasteiger partial charge in [-0.15, -0.1) is 11.3 Å². The minimum Gasteiger partial charge on any atom is -0.505 e. The highest BCUT2D eigenvalue weighted by atomic mass is 35.5. The fourth-order valence-corrected chi connectivity index (χ4v) is 6.40. The quantitative estimate of drug-likeness (QED) is 0.584. The van der Waals surface area contributed by atoms with E-state index in [0.717, 1.165) is 53.3 Å². The van der Waals surface area contributed by atoms with Crippen LogP contribution in [0.4, 0.5) is 0 Å². The third kappa shape index (κ3) is 2.90. The van der Waals surface area contributed by atoms with E-state index >= 15 is 0 Å². The van der Waals surface area contributed by atoms with E-state index in [1.54, 1.807) is 11.3 Å². The first-order valence-electron chi connectivity index (χ1n) is 10.0. The summed E-state index contributed by atoms with van der Waals surface area (Å²) in [4.78, 5) is 12.2. The van der Waals surface area contributed by atoms with Crippen molar-refractivity contribution in [2.45, 2.75) is 44.1 Å². The minimum atomic E-state index is -1.06. The molecule has 0 saturated heterocycles. The number of fused-ring (bicyclic) bond motifs is 1. The van der Waals surface area contributed by atoms with Gasteiger partial charge in [-0.3, -0.25) is 0 Å². The van der Waals surface area contributed by atoms with E-state index in [1.807, 2.05) is 24.3 Å². The van der Waals surface area contributed by atoms with Crippen molar-refractivity contribution in [1.29, 1.82) is 0 Å². The van der Waals surface area contributed by atoms with Gasteiger partial charge in [-0.2, -0.15) is 0 Å². The molecule has 1 saturated carbocycles. The maximum atomic E-state index is 12.2. The number of allylic oxidation sites excluding steroid dienone is 2. The summed E-state index contributed by atoms with van der Waals surface area (Å²) in [6.45, 7) is 0. The van der Waals surface area contributed by atoms with Crippen LogP contribution in [-0.2, 0) is 11.2 Å². The van der Waals surface area contributed by atoms with E-state index in [2.05, 4.69) is 16.8 Å². The van der Waals surface area contributed by atoms with Gasteiger partial charge in [0.15, 0.2) is 0 Å². The number of thiophene rings is 1. The van der Waals surface area contributed by atoms with Crippen LogP contribution < -0.4 is 5.32 Å². The zero-order valence-corrected chi connectivity index (χ0v) is 17.4. The van der Waals surface area contributed by atoms with E-state index in [9.17, 15) is 15.0 Å². The molecule has 0 amide bonds. The zero-order valence-electron chi connectivity index (χ0n) is 15.9. The molecule has 150 valence electrons. The molecule has 3 N–H and O–H groups in total. The molecule has 1 fully saturated rings. The molecule has 1 aromatic carbocycles. The lowest BCUT2D eigenvalue weighted by atomic mass is 9.62. The number of carboxylic acid groups (broad SMARTS) is 1. The molecule has 29 heavy (non-hydrogen) atoms. The second-order valence-corrected chi connectivity index (χ2v) is 9.52. The molecule has 2 atom stereocenters. The lowest BCUT2D eigenvalue weighted by Gasteiger charge is -2.51. The van der Waals surface area contributed by atoms with Crippen molar-refractivity contribution < 1.29 is 15.0 Å². The Balaban J connectivity index is 1.64. The molecule has 0 radical (unpaired) electrons. The standard InChI is InChI=1S/C23H22ClNO3S/c24-15-7-8-19-16(11-15)13(12-29-19)10-18-21(26)20(22(27)28)17-6-3-5-14-4-1-2-9-23(14,17)25-18/h3,6-8,11-12,14,25-26H,1-2,4-5,9-10H2,(H,27,28). The lowest BCUT2D eigenvalue weighted by Crippen LogP contribution is -2.57. The number of aliphatic hydroxyl groups is 1. The predicted molar refractivity (Wildman–Crippen MR) is 116 cm³/mol. The number of rotatable bonds is 3. The van der Waals surface area contributed by atoms with Crippen LogP contribution in [0.15, 0.2) is 58.3 Å². The number of nitrogens with one attached hydrogen (secondary N) is 1. The molecule has 1 aliphatic heterocycles. The van der Waals surface area contributed by atoms with Crippen LogP contribution in [0.2, 0.25) is 5.02 Å². The van der Waals surface area contributed by atoms with Crippen molar-refractivity contribution in [3.63, 3.8) is 0 Å². The summed E-state index contributed by atoms with van der Waals surface area (Å²) in [6.07, 6.45) is 9.53. The van der Waals surface area contributed by atoms with Crippen molar-refractivity contribution >= 4 is 39.0 Å². The highest BCUT2D eigenvalue weighted by Gasteiger charge is 2.49. The van der Waals surface area contributed by atoms with Gasteiger partial charge >= 0.3 is 5.97 Å². The van der Waals surface area contributed by atoms with Crippen LogP contribution in [0.3, 0.4) is 0 Å². The van der Waals surface area contributed by atoms with E-state index < -0.39 is 11.5 Å². The number of aliphatic hydroxyl groups excluding tert-OH is 1. The molecule has 1 aromatic heterocycles. The first kappa shape index (κ1) is 18.8. The summed E-state index contributed by atoms with van der Waals surface area (Å²) in [5, 5.41) is 28.4. The Morgan fingerprint density at radius 2 is 2.21 bits per heavy atom. The van der Waals surface area contributed by atoms with Gasteiger partial charge in [0.1, 0.15) is 11.3 Å². The van der Waals surface area contributed by atoms with Gasteiger partial charge in [0.05, 0.1) is 11.2 Å². The number of benzene rings is 1. The fourth-order valence-electron chi connectivity index (χ4n) is 5.29. The topological polar surface area (TPSA) is 69.6 Å². The van der Waals surface area contributed by atoms with Crippen molar-refractivity contribution in [1.82, 2.24) is 5.32 Å². The number of dihydropyridines is 1. The second kappa shape index (κ2) is 6.92. The highest BCUT2D eigenvalue weighted by molar-refractivity contribution is 7.17. The molecule has 6 heteroatoms. The molecule has 2 heterocycles. The Labute approximate surface area is 178 Å². The Morgan fingerprint density at radius 1 is 1.34 bits per heavy atom. The molecular weight excluding hydrogens is 406 g/mol. The third-order valence-corrected chi connectivity index (χ3v) is 7.87. The Kier molecular flexibility index (Phi) is 4.48. The van der Waals surface area contributed by atoms with E-state index in [-0.39, 0.29) is 11.3 Å². The number of carbonyl (C=O) groups is 1. The van der Waals surface area contributed by atoms with Gasteiger partial charge in [-0.05, 0) is 65.3 Å². The summed E-state index contributed by atoms with van der Waals surface area (Å²) in [6, 6.07) is 5.81. The molecule has 2 aromatic rings. The van der Waals surface area contributed by atoms with Gasteiger partial charge in [0, 0.05) is 16.1 Å². The number of hydrogen-bond donors (Lipinski definition) is 3. The van der Waals surface area contributed by atoms with E-state index in [0.29, 0.717) is 23.1 Å². The third-order valence-electron chi connectivity index (χ3n) is 6.62. The maximum absolute atomic E-state index is 12.2. The number of aliphatic carboxylic acids is 1. The molecule has 2 aliphatic carbocycles. The van der Waals surface area contributed by atoms with Crippen molar-refractivity contribution in [3.05, 3.63) is 68.9 Å². The van der Waals surface area contributed by atoms with Gasteiger partial charge < -0.3 is 15.5 Å². The SMILES string of the molecule is O=C(O)C1=C2C=CCC3CCCCC23NC(Cc2csc3ccc(Cl)cc23)=C1O. The predicted octanol–water partition coefficient (Wildman–Crippen LogP) is 5.74. The summed E-state index contributed by atoms with van der Waals surface area (Å²) in [5.74, 6) is -0.859. The first-order chi connectivity index (χ1) is 14.0. The van der Waals surface area contributed by atoms with Crippen LogP contribution >= 0.6 is 22.9 Å². The average molecular weight is 428 g/mol. The Bertz CT molecular complexity index is 1110. The first-order valence-corrected chi connectivity index (χ1v) is 11.3. The Morgan fingerprint density at radius 3 is 3.03 bits per heavy atom. The van der Waals surface area contributed by atoms with Crippen LogP contribution in [0, 0.1) is 5.92 Å². The largest absolute Gasteiger partial charge is 0.505 e. The zero-order chi connectivity index (χ0) is 20.2. The van der Waals surface area contributed by atoms with Gasteiger partial charge in [-0.25, -0.2) is 4.79 Å². The molecule has 0 bridgehead atoms. The lowest BCUT2D eigenvalue weighted by molar-refractivity contribution is -0.132. The number of hydrogen-bond acceptors (Lipinski definition) is 4. The number of halogens is 1. The van der Waals surface area contributed by atoms with Crippen LogP contribution in [0.5, 0.6) is 0 Å². The normalized spacial score (nSPS) is 26.3. The monoisotopic (exact) mass is 427 g/mol. The van der Waals surface area contributed by atoms with E-state index in [4.69, 9.17) is 11.6 Å². The number of carboxylic acids is 1. The Hall–Kier alpha value is -2.24. The van der Waals surface area contributed by atoms with Gasteiger partial charge in [-0.1, -0.05) is 36.6 Å². The van der Waals surface area contributed by atoms with Crippen LogP contribution in [-0.4, -0.2) is 21.7 Å². The summed E-state index contributed by atoms with van der Waals surface area (Å²) in [7, 11) is 0. The molecule has 2 unspecified atom stereocenters. The van der Waals surface area contributed by atoms with Crippen LogP contribution in [0.1, 0.15) is 37.7 Å². The van der Waals surface area contributed by atoms with Crippen LogP contribution in [0.25, 0.3) is 10.1 Å². The molecule has 5 rings (SSSR count). The molecule has 3 aliphatic rings. The summed E-state index contributed by atoms with van der Waals surface area (Å²) in [5.41, 5.74) is 2.05. The van der Waals surface area contributed by atoms with Gasteiger partial charge in [0.25, 0.3) is 0 Å². The molecule has 4 nitrogen and oxygen atoms in total.